The van der Waals surface area contributed by atoms with Gasteiger partial charge in [-0.15, -0.1) is 0 Å². The molecule has 6 nitrogen and oxygen atoms in total. The lowest BCUT2D eigenvalue weighted by atomic mass is 10.2. The van der Waals surface area contributed by atoms with Crippen molar-refractivity contribution < 1.29 is 21.3 Å². The molecule has 0 spiro atoms. The molecule has 154 valence electrons. The molecule has 0 aliphatic carbocycles. The van der Waals surface area contributed by atoms with E-state index in [4.69, 9.17) is 16.0 Å². The van der Waals surface area contributed by atoms with Gasteiger partial charge in [-0.3, -0.25) is 4.72 Å². The second-order valence-corrected chi connectivity index (χ2v) is 10.6. The number of rotatable bonds is 6. The summed E-state index contributed by atoms with van der Waals surface area (Å²) in [4.78, 5) is -0.171. The van der Waals surface area contributed by atoms with Crippen LogP contribution in [0.1, 0.15) is 5.56 Å². The van der Waals surface area contributed by atoms with Crippen LogP contribution in [-0.2, 0) is 25.6 Å². The number of halogens is 1. The highest BCUT2D eigenvalue weighted by molar-refractivity contribution is 7.93. The first-order chi connectivity index (χ1) is 14.2. The maximum absolute atomic E-state index is 13.0. The Morgan fingerprint density at radius 1 is 0.833 bits per heavy atom. The lowest BCUT2D eigenvalue weighted by Gasteiger charge is -2.13. The fraction of sp³-hybridized carbons (Fsp3) is 0.0476. The number of hydrogen-bond acceptors (Lipinski definition) is 5. The molecule has 9 heteroatoms. The molecule has 0 atom stereocenters. The summed E-state index contributed by atoms with van der Waals surface area (Å²) in [5.41, 5.74) is 0.846. The van der Waals surface area contributed by atoms with Gasteiger partial charge >= 0.3 is 0 Å². The quantitative estimate of drug-likeness (QED) is 0.442. The number of hydrogen-bond donors (Lipinski definition) is 1. The van der Waals surface area contributed by atoms with Crippen LogP contribution in [0, 0.1) is 0 Å². The summed E-state index contributed by atoms with van der Waals surface area (Å²) in [5, 5.41) is 0.479. The fourth-order valence-electron chi connectivity index (χ4n) is 3.01. The Morgan fingerprint density at radius 3 is 2.27 bits per heavy atom. The molecule has 0 radical (unpaired) electrons. The molecule has 0 amide bonds. The molecule has 1 N–H and O–H groups in total. The van der Waals surface area contributed by atoms with E-state index in [1.54, 1.807) is 54.6 Å². The number of sulfone groups is 1. The highest BCUT2D eigenvalue weighted by Crippen LogP contribution is 2.31. The van der Waals surface area contributed by atoms with E-state index in [1.165, 1.54) is 24.3 Å². The van der Waals surface area contributed by atoms with Crippen LogP contribution in [0.3, 0.4) is 0 Å². The Kier molecular flexibility index (Phi) is 5.31. The van der Waals surface area contributed by atoms with Crippen LogP contribution >= 0.6 is 11.6 Å². The molecule has 0 fully saturated rings. The van der Waals surface area contributed by atoms with Gasteiger partial charge < -0.3 is 4.42 Å². The monoisotopic (exact) mass is 461 g/mol. The fourth-order valence-corrected chi connectivity index (χ4v) is 5.79. The highest BCUT2D eigenvalue weighted by Gasteiger charge is 2.25. The van der Waals surface area contributed by atoms with Gasteiger partial charge in [0.25, 0.3) is 10.0 Å². The van der Waals surface area contributed by atoms with Crippen LogP contribution in [0.2, 0.25) is 5.02 Å². The lowest BCUT2D eigenvalue weighted by molar-refractivity contribution is 0.484. The Labute approximate surface area is 179 Å². The van der Waals surface area contributed by atoms with Crippen molar-refractivity contribution >= 4 is 48.1 Å². The summed E-state index contributed by atoms with van der Waals surface area (Å²) in [6.45, 7) is 0. The van der Waals surface area contributed by atoms with Crippen molar-refractivity contribution in [2.24, 2.45) is 0 Å². The van der Waals surface area contributed by atoms with Crippen molar-refractivity contribution in [3.63, 3.8) is 0 Å². The van der Waals surface area contributed by atoms with Gasteiger partial charge in [0.1, 0.15) is 5.58 Å². The smallest absolute Gasteiger partial charge is 0.295 e. The van der Waals surface area contributed by atoms with Gasteiger partial charge in [0.2, 0.25) is 5.09 Å². The molecular weight excluding hydrogens is 446 g/mol. The first kappa shape index (κ1) is 20.5. The predicted octanol–water partition coefficient (Wildman–Crippen LogP) is 4.86. The number of anilines is 1. The van der Waals surface area contributed by atoms with E-state index in [9.17, 15) is 16.8 Å². The predicted molar refractivity (Wildman–Crippen MR) is 116 cm³/mol. The Balaban J connectivity index is 1.73. The minimum atomic E-state index is -4.19. The van der Waals surface area contributed by atoms with Crippen LogP contribution in [-0.4, -0.2) is 16.8 Å². The van der Waals surface area contributed by atoms with Gasteiger partial charge in [-0.25, -0.2) is 8.42 Å². The van der Waals surface area contributed by atoms with Crippen molar-refractivity contribution in [3.05, 3.63) is 89.4 Å². The molecule has 4 aromatic rings. The van der Waals surface area contributed by atoms with Crippen LogP contribution < -0.4 is 4.72 Å². The summed E-state index contributed by atoms with van der Waals surface area (Å²) in [7, 11) is -8.04. The molecule has 3 aromatic carbocycles. The molecule has 30 heavy (non-hydrogen) atoms. The van der Waals surface area contributed by atoms with Gasteiger partial charge in [0, 0.05) is 16.5 Å². The van der Waals surface area contributed by atoms with E-state index in [0.29, 0.717) is 16.5 Å². The van der Waals surface area contributed by atoms with Gasteiger partial charge in [0.15, 0.2) is 9.84 Å². The van der Waals surface area contributed by atoms with E-state index >= 15 is 0 Å². The zero-order valence-corrected chi connectivity index (χ0v) is 17.8. The number of benzene rings is 3. The highest BCUT2D eigenvalue weighted by atomic mass is 35.5. The average molecular weight is 462 g/mol. The number of furan rings is 1. The van der Waals surface area contributed by atoms with E-state index < -0.39 is 19.9 Å². The first-order valence-electron chi connectivity index (χ1n) is 8.82. The molecule has 1 aromatic heterocycles. The third-order valence-corrected chi connectivity index (χ3v) is 7.58. The molecule has 0 aliphatic rings. The molecule has 0 aliphatic heterocycles. The largest absolute Gasteiger partial charge is 0.443 e. The van der Waals surface area contributed by atoms with Gasteiger partial charge in [-0.2, -0.15) is 8.42 Å². The number of nitrogens with one attached hydrogen (secondary N) is 1. The molecule has 4 rings (SSSR count). The van der Waals surface area contributed by atoms with Crippen LogP contribution in [0.25, 0.3) is 11.0 Å². The number of para-hydroxylation sites is 1. The maximum Gasteiger partial charge on any atom is 0.295 e. The molecule has 0 unspecified atom stereocenters. The second-order valence-electron chi connectivity index (χ2n) is 6.59. The summed E-state index contributed by atoms with van der Waals surface area (Å²) in [6.07, 6.45) is 0. The maximum atomic E-state index is 13.0. The molecule has 0 saturated heterocycles. The summed E-state index contributed by atoms with van der Waals surface area (Å²) < 4.78 is 59.5. The van der Waals surface area contributed by atoms with Crippen molar-refractivity contribution in [2.45, 2.75) is 15.7 Å². The van der Waals surface area contributed by atoms with Crippen LogP contribution in [0.5, 0.6) is 0 Å². The minimum Gasteiger partial charge on any atom is -0.443 e. The average Bonchev–Trinajstić information content (AvgIpc) is 3.13. The van der Waals surface area contributed by atoms with Crippen molar-refractivity contribution in [3.8, 4) is 0 Å². The molecule has 1 heterocycles. The van der Waals surface area contributed by atoms with E-state index in [-0.39, 0.29) is 26.5 Å². The first-order valence-corrected chi connectivity index (χ1v) is 12.3. The summed E-state index contributed by atoms with van der Waals surface area (Å²) in [6, 6.07) is 20.8. The van der Waals surface area contributed by atoms with Crippen LogP contribution in [0.4, 0.5) is 5.69 Å². The Morgan fingerprint density at radius 2 is 1.53 bits per heavy atom. The lowest BCUT2D eigenvalue weighted by Crippen LogP contribution is -2.16. The number of fused-ring (bicyclic) bond motifs is 1. The third-order valence-electron chi connectivity index (χ3n) is 4.39. The standard InChI is InChI=1S/C21H16ClNO5S2/c22-17-10-11-20(29(24,25)14-15-6-2-1-3-7-15)18(13-17)23-30(26,27)21-12-16-8-4-5-9-19(16)28-21/h1-13,23H,14H2. The van der Waals surface area contributed by atoms with Gasteiger partial charge in [-0.1, -0.05) is 60.1 Å². The Bertz CT molecular complexity index is 1400. The van der Waals surface area contributed by atoms with Crippen molar-refractivity contribution in [1.82, 2.24) is 0 Å². The molecule has 0 bridgehead atoms. The van der Waals surface area contributed by atoms with E-state index in [1.807, 2.05) is 0 Å². The Hall–Kier alpha value is -2.81. The zero-order valence-electron chi connectivity index (χ0n) is 15.4. The summed E-state index contributed by atoms with van der Waals surface area (Å²) in [5.74, 6) is -0.283. The van der Waals surface area contributed by atoms with Gasteiger partial charge in [-0.05, 0) is 29.8 Å². The number of sulfonamides is 1. The third kappa shape index (κ3) is 4.21. The van der Waals surface area contributed by atoms with E-state index in [2.05, 4.69) is 4.72 Å². The van der Waals surface area contributed by atoms with Gasteiger partial charge in [0.05, 0.1) is 16.3 Å². The topological polar surface area (TPSA) is 93.5 Å². The van der Waals surface area contributed by atoms with Crippen molar-refractivity contribution in [1.29, 1.82) is 0 Å². The van der Waals surface area contributed by atoms with Crippen molar-refractivity contribution in [2.75, 3.05) is 4.72 Å². The molecular formula is C21H16ClNO5S2. The minimum absolute atomic E-state index is 0.140. The van der Waals surface area contributed by atoms with Crippen LogP contribution in [0.15, 0.2) is 93.3 Å². The second kappa shape index (κ2) is 7.79. The zero-order chi connectivity index (χ0) is 21.4. The normalized spacial score (nSPS) is 12.2. The molecule has 0 saturated carbocycles. The summed E-state index contributed by atoms with van der Waals surface area (Å²) >= 11 is 6.01. The van der Waals surface area contributed by atoms with E-state index in [0.717, 1.165) is 0 Å². The SMILES string of the molecule is O=S(=O)(Cc1ccccc1)c1ccc(Cl)cc1NS(=O)(=O)c1cc2ccccc2o1.